The Hall–Kier alpha value is -2.34. The second kappa shape index (κ2) is 5.46. The Balaban J connectivity index is 2.00. The first kappa shape index (κ1) is 14.6. The maximum absolute atomic E-state index is 12.7. The molecule has 0 saturated carbocycles. The third-order valence-corrected chi connectivity index (χ3v) is 3.30. The van der Waals surface area contributed by atoms with Crippen LogP contribution in [-0.2, 0) is 6.18 Å². The molecule has 1 heterocycles. The Labute approximate surface area is 128 Å². The van der Waals surface area contributed by atoms with Gasteiger partial charge in [0.2, 0.25) is 11.8 Å². The van der Waals surface area contributed by atoms with Gasteiger partial charge in [-0.3, -0.25) is 0 Å². The maximum atomic E-state index is 12.7. The van der Waals surface area contributed by atoms with Gasteiger partial charge in [-0.1, -0.05) is 29.8 Å². The topological polar surface area (TPSA) is 38.9 Å². The number of alkyl halides is 3. The summed E-state index contributed by atoms with van der Waals surface area (Å²) in [5.41, 5.74) is -0.0574. The van der Waals surface area contributed by atoms with Gasteiger partial charge in [0.25, 0.3) is 0 Å². The SMILES string of the molecule is FC(F)(F)c1cccc(-c2nnc(-c3ccccc3Cl)o2)c1. The molecule has 0 aliphatic rings. The summed E-state index contributed by atoms with van der Waals surface area (Å²) in [6.45, 7) is 0. The standard InChI is InChI=1S/C15H8ClF3N2O/c16-12-7-2-1-6-11(12)14-21-20-13(22-14)9-4-3-5-10(8-9)15(17,18)19/h1-8H. The van der Waals surface area contributed by atoms with Gasteiger partial charge in [0, 0.05) is 5.56 Å². The zero-order chi connectivity index (χ0) is 15.7. The van der Waals surface area contributed by atoms with E-state index in [9.17, 15) is 13.2 Å². The Morgan fingerprint density at radius 2 is 1.64 bits per heavy atom. The van der Waals surface area contributed by atoms with Gasteiger partial charge in [-0.05, 0) is 30.3 Å². The predicted molar refractivity (Wildman–Crippen MR) is 75.2 cm³/mol. The molecule has 0 saturated heterocycles. The molecule has 112 valence electrons. The highest BCUT2D eigenvalue weighted by Gasteiger charge is 2.30. The van der Waals surface area contributed by atoms with Crippen molar-refractivity contribution in [2.24, 2.45) is 0 Å². The third-order valence-electron chi connectivity index (χ3n) is 2.97. The van der Waals surface area contributed by atoms with Crippen LogP contribution in [0.2, 0.25) is 5.02 Å². The van der Waals surface area contributed by atoms with Gasteiger partial charge in [0.1, 0.15) is 0 Å². The minimum Gasteiger partial charge on any atom is -0.416 e. The van der Waals surface area contributed by atoms with Crippen LogP contribution in [0, 0.1) is 0 Å². The highest BCUT2D eigenvalue weighted by atomic mass is 35.5. The second-order valence-corrected chi connectivity index (χ2v) is 4.88. The Bertz CT molecular complexity index is 814. The molecule has 0 unspecified atom stereocenters. The van der Waals surface area contributed by atoms with E-state index in [0.717, 1.165) is 12.1 Å². The van der Waals surface area contributed by atoms with Crippen molar-refractivity contribution in [1.82, 2.24) is 10.2 Å². The Morgan fingerprint density at radius 1 is 0.909 bits per heavy atom. The Morgan fingerprint density at radius 3 is 2.36 bits per heavy atom. The summed E-state index contributed by atoms with van der Waals surface area (Å²) >= 11 is 6.02. The maximum Gasteiger partial charge on any atom is 0.416 e. The molecule has 3 aromatic rings. The largest absolute Gasteiger partial charge is 0.416 e. The number of hydrogen-bond acceptors (Lipinski definition) is 3. The summed E-state index contributed by atoms with van der Waals surface area (Å²) in [4.78, 5) is 0. The first-order chi connectivity index (χ1) is 10.4. The number of hydrogen-bond donors (Lipinski definition) is 0. The molecule has 0 radical (unpaired) electrons. The Kier molecular flexibility index (Phi) is 3.62. The number of benzene rings is 2. The molecule has 0 aliphatic heterocycles. The monoisotopic (exact) mass is 324 g/mol. The molecule has 22 heavy (non-hydrogen) atoms. The first-order valence-electron chi connectivity index (χ1n) is 6.21. The van der Waals surface area contributed by atoms with E-state index in [4.69, 9.17) is 16.0 Å². The second-order valence-electron chi connectivity index (χ2n) is 4.47. The van der Waals surface area contributed by atoms with Crippen molar-refractivity contribution in [1.29, 1.82) is 0 Å². The lowest BCUT2D eigenvalue weighted by molar-refractivity contribution is -0.137. The lowest BCUT2D eigenvalue weighted by atomic mass is 10.1. The number of halogens is 4. The third kappa shape index (κ3) is 2.82. The molecule has 0 atom stereocenters. The normalized spacial score (nSPS) is 11.6. The number of aromatic nitrogens is 2. The van der Waals surface area contributed by atoms with Crippen molar-refractivity contribution in [2.45, 2.75) is 6.18 Å². The van der Waals surface area contributed by atoms with Gasteiger partial charge in [-0.15, -0.1) is 10.2 Å². The summed E-state index contributed by atoms with van der Waals surface area (Å²) in [5, 5.41) is 8.04. The van der Waals surface area contributed by atoms with E-state index < -0.39 is 11.7 Å². The summed E-state index contributed by atoms with van der Waals surface area (Å²) < 4.78 is 43.6. The van der Waals surface area contributed by atoms with Crippen LogP contribution in [-0.4, -0.2) is 10.2 Å². The fourth-order valence-electron chi connectivity index (χ4n) is 1.91. The molecule has 0 N–H and O–H groups in total. The quantitative estimate of drug-likeness (QED) is 0.660. The molecule has 3 nitrogen and oxygen atoms in total. The van der Waals surface area contributed by atoms with Crippen LogP contribution >= 0.6 is 11.6 Å². The van der Waals surface area contributed by atoms with Crippen LogP contribution in [0.25, 0.3) is 22.9 Å². The first-order valence-corrected chi connectivity index (χ1v) is 6.59. The molecule has 2 aromatic carbocycles. The van der Waals surface area contributed by atoms with Crippen molar-refractivity contribution in [3.63, 3.8) is 0 Å². The van der Waals surface area contributed by atoms with Crippen molar-refractivity contribution in [2.75, 3.05) is 0 Å². The average molecular weight is 325 g/mol. The minimum absolute atomic E-state index is 0.000944. The molecule has 3 rings (SSSR count). The molecule has 0 fully saturated rings. The van der Waals surface area contributed by atoms with E-state index in [2.05, 4.69) is 10.2 Å². The lowest BCUT2D eigenvalue weighted by Crippen LogP contribution is -2.04. The van der Waals surface area contributed by atoms with Crippen LogP contribution in [0.15, 0.2) is 52.9 Å². The fourth-order valence-corrected chi connectivity index (χ4v) is 2.13. The molecule has 0 aliphatic carbocycles. The van der Waals surface area contributed by atoms with E-state index in [-0.39, 0.29) is 17.3 Å². The van der Waals surface area contributed by atoms with Crippen LogP contribution in [0.5, 0.6) is 0 Å². The predicted octanol–water partition coefficient (Wildman–Crippen LogP) is 5.08. The van der Waals surface area contributed by atoms with Gasteiger partial charge in [0.05, 0.1) is 16.1 Å². The molecular formula is C15H8ClF3N2O. The molecule has 1 aromatic heterocycles. The fraction of sp³-hybridized carbons (Fsp3) is 0.0667. The molecule has 7 heteroatoms. The minimum atomic E-state index is -4.43. The van der Waals surface area contributed by atoms with Crippen molar-refractivity contribution >= 4 is 11.6 Å². The van der Waals surface area contributed by atoms with Crippen LogP contribution in [0.1, 0.15) is 5.56 Å². The number of nitrogens with zero attached hydrogens (tertiary/aromatic N) is 2. The van der Waals surface area contributed by atoms with E-state index in [1.54, 1.807) is 24.3 Å². The van der Waals surface area contributed by atoms with Gasteiger partial charge >= 0.3 is 6.18 Å². The molecule has 0 spiro atoms. The van der Waals surface area contributed by atoms with Gasteiger partial charge in [-0.25, -0.2) is 0 Å². The zero-order valence-electron chi connectivity index (χ0n) is 10.9. The molecule has 0 amide bonds. The summed E-state index contributed by atoms with van der Waals surface area (Å²) in [7, 11) is 0. The van der Waals surface area contributed by atoms with Gasteiger partial charge in [-0.2, -0.15) is 13.2 Å². The lowest BCUT2D eigenvalue weighted by Gasteiger charge is -2.06. The smallest absolute Gasteiger partial charge is 0.416 e. The van der Waals surface area contributed by atoms with E-state index in [0.29, 0.717) is 10.6 Å². The molecule has 0 bridgehead atoms. The van der Waals surface area contributed by atoms with Crippen LogP contribution < -0.4 is 0 Å². The van der Waals surface area contributed by atoms with Crippen LogP contribution in [0.3, 0.4) is 0 Å². The average Bonchev–Trinajstić information content (AvgIpc) is 2.97. The number of rotatable bonds is 2. The van der Waals surface area contributed by atoms with E-state index in [1.807, 2.05) is 0 Å². The van der Waals surface area contributed by atoms with Gasteiger partial charge < -0.3 is 4.42 Å². The van der Waals surface area contributed by atoms with E-state index >= 15 is 0 Å². The van der Waals surface area contributed by atoms with Crippen molar-refractivity contribution < 1.29 is 17.6 Å². The van der Waals surface area contributed by atoms with Crippen LogP contribution in [0.4, 0.5) is 13.2 Å². The highest BCUT2D eigenvalue weighted by molar-refractivity contribution is 6.33. The molecular weight excluding hydrogens is 317 g/mol. The van der Waals surface area contributed by atoms with Crippen molar-refractivity contribution in [3.8, 4) is 22.9 Å². The summed E-state index contributed by atoms with van der Waals surface area (Å²) in [5.74, 6) is 0.152. The highest BCUT2D eigenvalue weighted by Crippen LogP contribution is 2.33. The summed E-state index contributed by atoms with van der Waals surface area (Å²) in [6, 6.07) is 11.5. The summed E-state index contributed by atoms with van der Waals surface area (Å²) in [6.07, 6.45) is -4.43. The van der Waals surface area contributed by atoms with Gasteiger partial charge in [0.15, 0.2) is 0 Å². The van der Waals surface area contributed by atoms with E-state index in [1.165, 1.54) is 12.1 Å². The zero-order valence-corrected chi connectivity index (χ0v) is 11.7. The van der Waals surface area contributed by atoms with Crippen molar-refractivity contribution in [3.05, 3.63) is 59.1 Å².